The summed E-state index contributed by atoms with van der Waals surface area (Å²) in [4.78, 5) is 15.3. The lowest BCUT2D eigenvalue weighted by molar-refractivity contribution is -0.159. The Morgan fingerprint density at radius 1 is 1.25 bits per heavy atom. The van der Waals surface area contributed by atoms with Crippen molar-refractivity contribution < 1.29 is 27.2 Å². The number of carbonyl (C=O) groups is 1. The molecule has 1 unspecified atom stereocenters. The predicted molar refractivity (Wildman–Crippen MR) is 75.4 cm³/mol. The van der Waals surface area contributed by atoms with Crippen molar-refractivity contribution in [1.82, 2.24) is 15.5 Å². The van der Waals surface area contributed by atoms with E-state index in [1.165, 1.54) is 12.1 Å². The summed E-state index contributed by atoms with van der Waals surface area (Å²) in [6.45, 7) is 3.82. The summed E-state index contributed by atoms with van der Waals surface area (Å²) in [5.74, 6) is -1.69. The summed E-state index contributed by atoms with van der Waals surface area (Å²) in [5, 5.41) is 6.07. The summed E-state index contributed by atoms with van der Waals surface area (Å²) in [6, 6.07) is 6.33. The molecule has 128 valence electrons. The average molecular weight is 341 g/mol. The van der Waals surface area contributed by atoms with Gasteiger partial charge in [0.05, 0.1) is 12.0 Å². The molecule has 0 spiro atoms. The van der Waals surface area contributed by atoms with E-state index in [1.54, 1.807) is 26.0 Å². The molecule has 1 amide bonds. The van der Waals surface area contributed by atoms with Crippen molar-refractivity contribution in [2.75, 3.05) is 6.61 Å². The average Bonchev–Trinajstić information content (AvgIpc) is 3.00. The lowest BCUT2D eigenvalue weighted by atomic mass is 9.92. The van der Waals surface area contributed by atoms with E-state index in [9.17, 15) is 18.0 Å². The molecular weight excluding hydrogens is 327 g/mol. The number of amides is 1. The normalized spacial score (nSPS) is 20.7. The number of nitrogens with zero attached hydrogens (tertiary/aromatic N) is 2. The first kappa shape index (κ1) is 16.4. The number of aromatic nitrogens is 2. The Kier molecular flexibility index (Phi) is 3.83. The van der Waals surface area contributed by atoms with E-state index in [4.69, 9.17) is 4.74 Å². The van der Waals surface area contributed by atoms with Gasteiger partial charge in [-0.2, -0.15) is 18.2 Å². The molecule has 9 heteroatoms. The predicted octanol–water partition coefficient (Wildman–Crippen LogP) is 2.93. The fraction of sp³-hybridized carbons (Fsp3) is 0.400. The van der Waals surface area contributed by atoms with Crippen LogP contribution in [-0.4, -0.2) is 22.7 Å². The van der Waals surface area contributed by atoms with Gasteiger partial charge in [0, 0.05) is 11.1 Å². The molecule has 2 aromatic rings. The molecule has 24 heavy (non-hydrogen) atoms. The Balaban J connectivity index is 1.77. The lowest BCUT2D eigenvalue weighted by Gasteiger charge is -2.34. The van der Waals surface area contributed by atoms with Gasteiger partial charge in [-0.1, -0.05) is 29.4 Å². The molecule has 1 aliphatic heterocycles. The maximum atomic E-state index is 12.5. The van der Waals surface area contributed by atoms with Crippen molar-refractivity contribution >= 4 is 5.91 Å². The monoisotopic (exact) mass is 341 g/mol. The van der Waals surface area contributed by atoms with Crippen molar-refractivity contribution in [2.45, 2.75) is 26.3 Å². The Bertz CT molecular complexity index is 753. The second-order valence-corrected chi connectivity index (χ2v) is 6.09. The van der Waals surface area contributed by atoms with E-state index < -0.39 is 23.7 Å². The molecule has 3 rings (SSSR count). The molecule has 0 bridgehead atoms. The molecule has 1 fully saturated rings. The van der Waals surface area contributed by atoms with Gasteiger partial charge in [-0.05, 0) is 13.8 Å². The lowest BCUT2D eigenvalue weighted by Crippen LogP contribution is -2.48. The number of nitrogens with one attached hydrogen (secondary N) is 1. The number of hydrogen-bond donors (Lipinski definition) is 1. The zero-order valence-corrected chi connectivity index (χ0v) is 12.8. The van der Waals surface area contributed by atoms with Crippen LogP contribution >= 0.6 is 0 Å². The third kappa shape index (κ3) is 3.12. The molecule has 1 atom stereocenters. The Hall–Kier alpha value is -2.42. The van der Waals surface area contributed by atoms with Crippen molar-refractivity contribution in [1.29, 1.82) is 0 Å². The second kappa shape index (κ2) is 5.59. The summed E-state index contributed by atoms with van der Waals surface area (Å²) < 4.78 is 47.2. The van der Waals surface area contributed by atoms with Crippen LogP contribution in [0.15, 0.2) is 28.8 Å². The first-order chi connectivity index (χ1) is 11.2. The molecule has 0 radical (unpaired) electrons. The van der Waals surface area contributed by atoms with Crippen molar-refractivity contribution in [3.63, 3.8) is 0 Å². The number of alkyl halides is 3. The molecule has 1 saturated heterocycles. The number of benzene rings is 1. The summed E-state index contributed by atoms with van der Waals surface area (Å²) >= 11 is 0. The van der Waals surface area contributed by atoms with E-state index in [1.807, 2.05) is 0 Å². The van der Waals surface area contributed by atoms with Crippen molar-refractivity contribution in [2.24, 2.45) is 5.41 Å². The summed E-state index contributed by atoms with van der Waals surface area (Å²) in [7, 11) is 0. The second-order valence-electron chi connectivity index (χ2n) is 6.09. The van der Waals surface area contributed by atoms with Crippen LogP contribution in [0.1, 0.15) is 31.5 Å². The number of carbonyl (C=O) groups excluding carboxylic acids is 1. The third-order valence-electron chi connectivity index (χ3n) is 3.63. The van der Waals surface area contributed by atoms with Crippen LogP contribution in [-0.2, 0) is 15.7 Å². The number of halogens is 3. The zero-order chi connectivity index (χ0) is 17.5. The summed E-state index contributed by atoms with van der Waals surface area (Å²) in [5.41, 5.74) is 0.428. The van der Waals surface area contributed by atoms with E-state index in [0.717, 1.165) is 0 Å². The molecule has 2 heterocycles. The van der Waals surface area contributed by atoms with Crippen LogP contribution in [0.3, 0.4) is 0 Å². The van der Waals surface area contributed by atoms with Gasteiger partial charge in [0.15, 0.2) is 6.23 Å². The minimum atomic E-state index is -4.68. The summed E-state index contributed by atoms with van der Waals surface area (Å²) in [6.07, 6.45) is -5.28. The van der Waals surface area contributed by atoms with Crippen LogP contribution in [0.4, 0.5) is 13.2 Å². The van der Waals surface area contributed by atoms with Crippen molar-refractivity contribution in [3.05, 3.63) is 35.7 Å². The van der Waals surface area contributed by atoms with Gasteiger partial charge >= 0.3 is 12.1 Å². The Morgan fingerprint density at radius 2 is 1.92 bits per heavy atom. The van der Waals surface area contributed by atoms with Gasteiger partial charge in [0.2, 0.25) is 11.7 Å². The number of hydrogen-bond acceptors (Lipinski definition) is 5. The fourth-order valence-corrected chi connectivity index (χ4v) is 2.16. The van der Waals surface area contributed by atoms with Crippen molar-refractivity contribution in [3.8, 4) is 11.4 Å². The van der Waals surface area contributed by atoms with E-state index in [-0.39, 0.29) is 18.3 Å². The highest BCUT2D eigenvalue weighted by Gasteiger charge is 2.39. The maximum Gasteiger partial charge on any atom is 0.471 e. The highest BCUT2D eigenvalue weighted by atomic mass is 19.4. The maximum absolute atomic E-state index is 12.5. The van der Waals surface area contributed by atoms with Crippen LogP contribution in [0, 0.1) is 5.41 Å². The zero-order valence-electron chi connectivity index (χ0n) is 12.8. The van der Waals surface area contributed by atoms with Gasteiger partial charge in [-0.25, -0.2) is 0 Å². The quantitative estimate of drug-likeness (QED) is 0.909. The van der Waals surface area contributed by atoms with Gasteiger partial charge in [0.25, 0.3) is 0 Å². The van der Waals surface area contributed by atoms with Crippen LogP contribution in [0.2, 0.25) is 0 Å². The van der Waals surface area contributed by atoms with Crippen LogP contribution in [0.25, 0.3) is 11.4 Å². The molecule has 6 nitrogen and oxygen atoms in total. The molecule has 1 aromatic heterocycles. The molecule has 0 saturated carbocycles. The van der Waals surface area contributed by atoms with Gasteiger partial charge < -0.3 is 14.6 Å². The van der Waals surface area contributed by atoms with Crippen LogP contribution in [0.5, 0.6) is 0 Å². The van der Waals surface area contributed by atoms with E-state index in [0.29, 0.717) is 11.1 Å². The topological polar surface area (TPSA) is 77.2 Å². The number of rotatable bonds is 2. The molecule has 1 N–H and O–H groups in total. The molecule has 1 aliphatic rings. The molecule has 1 aromatic carbocycles. The van der Waals surface area contributed by atoms with Crippen LogP contribution < -0.4 is 5.32 Å². The first-order valence-corrected chi connectivity index (χ1v) is 7.11. The fourth-order valence-electron chi connectivity index (χ4n) is 2.16. The Labute approximate surface area is 135 Å². The SMILES string of the molecule is CC1(C)COC(c2ccc(-c3noc(C(F)(F)F)n3)cc2)NC1=O. The van der Waals surface area contributed by atoms with E-state index in [2.05, 4.69) is 20.0 Å². The van der Waals surface area contributed by atoms with Gasteiger partial charge in [0.1, 0.15) is 0 Å². The third-order valence-corrected chi connectivity index (χ3v) is 3.63. The minimum Gasteiger partial charge on any atom is -0.353 e. The Morgan fingerprint density at radius 3 is 2.46 bits per heavy atom. The van der Waals surface area contributed by atoms with E-state index >= 15 is 0 Å². The highest BCUT2D eigenvalue weighted by Crippen LogP contribution is 2.31. The smallest absolute Gasteiger partial charge is 0.353 e. The molecule has 0 aliphatic carbocycles. The van der Waals surface area contributed by atoms with Gasteiger partial charge in [-0.15, -0.1) is 0 Å². The highest BCUT2D eigenvalue weighted by molar-refractivity contribution is 5.82. The van der Waals surface area contributed by atoms with Gasteiger partial charge in [-0.3, -0.25) is 4.79 Å². The minimum absolute atomic E-state index is 0.129. The first-order valence-electron chi connectivity index (χ1n) is 7.11. The molecular formula is C15H14F3N3O3. The largest absolute Gasteiger partial charge is 0.471 e. The number of ether oxygens (including phenoxy) is 1. The standard InChI is InChI=1S/C15H14F3N3O3/c1-14(2)7-23-11(20-12(14)22)9-5-3-8(4-6-9)10-19-13(24-21-10)15(16,17)18/h3-6,11H,7H2,1-2H3,(H,20,22).